The number of anilines is 2. The van der Waals surface area contributed by atoms with Crippen LogP contribution in [0.1, 0.15) is 23.2 Å². The van der Waals surface area contributed by atoms with Crippen LogP contribution in [0.15, 0.2) is 84.9 Å². The third-order valence-electron chi connectivity index (χ3n) is 5.62. The number of nitrogens with zero attached hydrogens (tertiary/aromatic N) is 2. The van der Waals surface area contributed by atoms with Crippen molar-refractivity contribution in [3.8, 4) is 11.3 Å². The number of para-hydroxylation sites is 1. The van der Waals surface area contributed by atoms with Crippen molar-refractivity contribution in [1.29, 1.82) is 0 Å². The summed E-state index contributed by atoms with van der Waals surface area (Å²) in [5.41, 5.74) is 5.24. The van der Waals surface area contributed by atoms with E-state index in [2.05, 4.69) is 16.3 Å². The summed E-state index contributed by atoms with van der Waals surface area (Å²) in [5, 5.41) is 4.08. The first-order valence-corrected chi connectivity index (χ1v) is 10.4. The molecule has 0 aliphatic carbocycles. The molecule has 0 spiro atoms. The van der Waals surface area contributed by atoms with Crippen molar-refractivity contribution >= 4 is 28.2 Å². The van der Waals surface area contributed by atoms with E-state index in [4.69, 9.17) is 4.98 Å². The van der Waals surface area contributed by atoms with Gasteiger partial charge in [-0.3, -0.25) is 4.79 Å². The zero-order valence-electron chi connectivity index (χ0n) is 16.7. The van der Waals surface area contributed by atoms with E-state index < -0.39 is 0 Å². The summed E-state index contributed by atoms with van der Waals surface area (Å²) < 4.78 is 0. The van der Waals surface area contributed by atoms with Gasteiger partial charge in [0.15, 0.2) is 0 Å². The molecule has 3 aromatic carbocycles. The highest BCUT2D eigenvalue weighted by Crippen LogP contribution is 2.27. The van der Waals surface area contributed by atoms with Gasteiger partial charge in [0, 0.05) is 35.3 Å². The third-order valence-corrected chi connectivity index (χ3v) is 5.62. The van der Waals surface area contributed by atoms with Crippen LogP contribution in [0.25, 0.3) is 22.2 Å². The number of hydrogen-bond donors (Lipinski definition) is 1. The summed E-state index contributed by atoms with van der Waals surface area (Å²) >= 11 is 0. The number of carbonyl (C=O) groups excluding carboxylic acids is 1. The fraction of sp³-hybridized carbons (Fsp3) is 0.154. The second kappa shape index (κ2) is 7.99. The summed E-state index contributed by atoms with van der Waals surface area (Å²) in [6.45, 7) is 2.11. The Kier molecular flexibility index (Phi) is 4.89. The molecule has 0 unspecified atom stereocenters. The zero-order chi connectivity index (χ0) is 20.3. The summed E-state index contributed by atoms with van der Waals surface area (Å²) in [6.07, 6.45) is 2.42. The van der Waals surface area contributed by atoms with Gasteiger partial charge in [-0.05, 0) is 43.2 Å². The standard InChI is InChI=1S/C26H23N3O/c30-26(21-11-6-12-22(18-21)29-16-4-5-17-29)28-24-13-7-10-20-14-15-23(27-25(20)24)19-8-2-1-3-9-19/h1-3,6-15,18H,4-5,16-17H2,(H,28,30). The Morgan fingerprint density at radius 3 is 2.47 bits per heavy atom. The monoisotopic (exact) mass is 393 g/mol. The second-order valence-corrected chi connectivity index (χ2v) is 7.64. The Labute approximate surface area is 176 Å². The smallest absolute Gasteiger partial charge is 0.255 e. The van der Waals surface area contributed by atoms with E-state index >= 15 is 0 Å². The quantitative estimate of drug-likeness (QED) is 0.480. The average Bonchev–Trinajstić information content (AvgIpc) is 3.35. The molecule has 1 saturated heterocycles. The molecule has 4 heteroatoms. The Morgan fingerprint density at radius 2 is 1.63 bits per heavy atom. The molecule has 4 aromatic rings. The minimum absolute atomic E-state index is 0.115. The van der Waals surface area contributed by atoms with Crippen LogP contribution >= 0.6 is 0 Å². The number of nitrogens with one attached hydrogen (secondary N) is 1. The van der Waals surface area contributed by atoms with Gasteiger partial charge in [-0.25, -0.2) is 4.98 Å². The molecule has 1 aliphatic rings. The summed E-state index contributed by atoms with van der Waals surface area (Å²) in [7, 11) is 0. The highest BCUT2D eigenvalue weighted by atomic mass is 16.1. The van der Waals surface area contributed by atoms with Crippen molar-refractivity contribution in [1.82, 2.24) is 4.98 Å². The molecule has 0 radical (unpaired) electrons. The van der Waals surface area contributed by atoms with Crippen molar-refractivity contribution < 1.29 is 4.79 Å². The topological polar surface area (TPSA) is 45.2 Å². The molecule has 1 aromatic heterocycles. The lowest BCUT2D eigenvalue weighted by Gasteiger charge is -2.18. The maximum atomic E-state index is 13.0. The number of fused-ring (bicyclic) bond motifs is 1. The van der Waals surface area contributed by atoms with Gasteiger partial charge in [-0.2, -0.15) is 0 Å². The molecule has 1 amide bonds. The first-order chi connectivity index (χ1) is 14.8. The van der Waals surface area contributed by atoms with Crippen LogP contribution in [-0.4, -0.2) is 24.0 Å². The van der Waals surface area contributed by atoms with Gasteiger partial charge in [0.25, 0.3) is 5.91 Å². The second-order valence-electron chi connectivity index (χ2n) is 7.64. The fourth-order valence-corrected chi connectivity index (χ4v) is 4.03. The van der Waals surface area contributed by atoms with E-state index in [0.717, 1.165) is 46.6 Å². The fourth-order valence-electron chi connectivity index (χ4n) is 4.03. The summed E-state index contributed by atoms with van der Waals surface area (Å²) in [5.74, 6) is -0.115. The SMILES string of the molecule is O=C(Nc1cccc2ccc(-c3ccccc3)nc12)c1cccc(N2CCCC2)c1. The molecular formula is C26H23N3O. The minimum Gasteiger partial charge on any atom is -0.372 e. The number of carbonyl (C=O) groups is 1. The lowest BCUT2D eigenvalue weighted by molar-refractivity contribution is 0.102. The van der Waals surface area contributed by atoms with Gasteiger partial charge < -0.3 is 10.2 Å². The molecule has 0 bridgehead atoms. The molecule has 0 atom stereocenters. The highest BCUT2D eigenvalue weighted by molar-refractivity contribution is 6.08. The van der Waals surface area contributed by atoms with Crippen molar-refractivity contribution in [3.05, 3.63) is 90.5 Å². The molecule has 0 saturated carbocycles. The van der Waals surface area contributed by atoms with Crippen LogP contribution in [0.3, 0.4) is 0 Å². The number of pyridine rings is 1. The van der Waals surface area contributed by atoms with E-state index in [-0.39, 0.29) is 5.91 Å². The van der Waals surface area contributed by atoms with Gasteiger partial charge >= 0.3 is 0 Å². The number of hydrogen-bond acceptors (Lipinski definition) is 3. The van der Waals surface area contributed by atoms with Crippen LogP contribution in [0.5, 0.6) is 0 Å². The molecule has 1 fully saturated rings. The lowest BCUT2D eigenvalue weighted by Crippen LogP contribution is -2.19. The first-order valence-electron chi connectivity index (χ1n) is 10.4. The van der Waals surface area contributed by atoms with Crippen LogP contribution in [-0.2, 0) is 0 Å². The molecule has 1 N–H and O–H groups in total. The van der Waals surface area contributed by atoms with Crippen molar-refractivity contribution in [3.63, 3.8) is 0 Å². The number of amides is 1. The number of benzene rings is 3. The van der Waals surface area contributed by atoms with E-state index in [0.29, 0.717) is 5.56 Å². The minimum atomic E-state index is -0.115. The van der Waals surface area contributed by atoms with Crippen LogP contribution in [0, 0.1) is 0 Å². The van der Waals surface area contributed by atoms with Crippen molar-refractivity contribution in [2.45, 2.75) is 12.8 Å². The van der Waals surface area contributed by atoms with E-state index in [9.17, 15) is 4.79 Å². The maximum Gasteiger partial charge on any atom is 0.255 e. The van der Waals surface area contributed by atoms with Gasteiger partial charge in [0.1, 0.15) is 0 Å². The summed E-state index contributed by atoms with van der Waals surface area (Å²) in [6, 6.07) is 27.9. The maximum absolute atomic E-state index is 13.0. The molecule has 5 rings (SSSR count). The molecule has 2 heterocycles. The summed E-state index contributed by atoms with van der Waals surface area (Å²) in [4.78, 5) is 20.2. The zero-order valence-corrected chi connectivity index (χ0v) is 16.7. The highest BCUT2D eigenvalue weighted by Gasteiger charge is 2.15. The van der Waals surface area contributed by atoms with Crippen molar-refractivity contribution in [2.75, 3.05) is 23.3 Å². The number of rotatable bonds is 4. The molecule has 1 aliphatic heterocycles. The Morgan fingerprint density at radius 1 is 0.833 bits per heavy atom. The largest absolute Gasteiger partial charge is 0.372 e. The van der Waals surface area contributed by atoms with E-state index in [1.165, 1.54) is 12.8 Å². The predicted molar refractivity (Wildman–Crippen MR) is 123 cm³/mol. The van der Waals surface area contributed by atoms with E-state index in [1.807, 2.05) is 78.9 Å². The molecule has 4 nitrogen and oxygen atoms in total. The third kappa shape index (κ3) is 3.64. The first kappa shape index (κ1) is 18.4. The van der Waals surface area contributed by atoms with Crippen LogP contribution in [0.2, 0.25) is 0 Å². The van der Waals surface area contributed by atoms with Crippen LogP contribution < -0.4 is 10.2 Å². The van der Waals surface area contributed by atoms with E-state index in [1.54, 1.807) is 0 Å². The number of aromatic nitrogens is 1. The predicted octanol–water partition coefficient (Wildman–Crippen LogP) is 5.75. The van der Waals surface area contributed by atoms with Gasteiger partial charge in [-0.1, -0.05) is 54.6 Å². The van der Waals surface area contributed by atoms with Gasteiger partial charge in [0.05, 0.1) is 16.9 Å². The van der Waals surface area contributed by atoms with Gasteiger partial charge in [0.2, 0.25) is 0 Å². The lowest BCUT2D eigenvalue weighted by atomic mass is 10.1. The normalized spacial score (nSPS) is 13.5. The molecule has 30 heavy (non-hydrogen) atoms. The van der Waals surface area contributed by atoms with Crippen molar-refractivity contribution in [2.24, 2.45) is 0 Å². The Hall–Kier alpha value is -3.66. The van der Waals surface area contributed by atoms with Crippen LogP contribution in [0.4, 0.5) is 11.4 Å². The molecular weight excluding hydrogens is 370 g/mol. The average molecular weight is 393 g/mol. The van der Waals surface area contributed by atoms with Gasteiger partial charge in [-0.15, -0.1) is 0 Å². The Bertz CT molecular complexity index is 1200. The Balaban J connectivity index is 1.46. The molecule has 148 valence electrons.